The van der Waals surface area contributed by atoms with E-state index in [0.717, 1.165) is 16.6 Å². The van der Waals surface area contributed by atoms with E-state index in [2.05, 4.69) is 10.2 Å². The molecule has 4 heteroatoms. The van der Waals surface area contributed by atoms with Gasteiger partial charge in [-0.3, -0.25) is 4.79 Å². The van der Waals surface area contributed by atoms with Crippen LogP contribution in [0, 0.1) is 0 Å². The Bertz CT molecular complexity index is 777. The first-order valence-electron chi connectivity index (χ1n) is 5.59. The standard InChI is InChI=1S/C14H11N3O/c15-10-5-3-4-9(8-10)13-11-6-1-2-7-12(11)14(18)17-16-13/h1-8H,15H2,(H,17,18). The number of nitrogens with one attached hydrogen (secondary N) is 1. The first-order valence-corrected chi connectivity index (χ1v) is 5.59. The molecule has 3 rings (SSSR count). The van der Waals surface area contributed by atoms with Crippen LogP contribution >= 0.6 is 0 Å². The number of H-pyrrole nitrogens is 1. The van der Waals surface area contributed by atoms with Crippen LogP contribution in [0.4, 0.5) is 5.69 Å². The number of aromatic nitrogens is 2. The summed E-state index contributed by atoms with van der Waals surface area (Å²) in [5, 5.41) is 8.09. The summed E-state index contributed by atoms with van der Waals surface area (Å²) in [5.41, 5.74) is 7.88. The molecule has 1 aromatic heterocycles. The molecule has 88 valence electrons. The summed E-state index contributed by atoms with van der Waals surface area (Å²) in [4.78, 5) is 11.7. The van der Waals surface area contributed by atoms with Crippen LogP contribution in [0.25, 0.3) is 22.0 Å². The van der Waals surface area contributed by atoms with Crippen LogP contribution in [0.1, 0.15) is 0 Å². The van der Waals surface area contributed by atoms with Gasteiger partial charge in [0.2, 0.25) is 0 Å². The molecule has 2 aromatic carbocycles. The van der Waals surface area contributed by atoms with E-state index in [0.29, 0.717) is 11.1 Å². The van der Waals surface area contributed by atoms with E-state index < -0.39 is 0 Å². The predicted octanol–water partition coefficient (Wildman–Crippen LogP) is 2.17. The van der Waals surface area contributed by atoms with E-state index in [1.54, 1.807) is 6.07 Å². The zero-order valence-corrected chi connectivity index (χ0v) is 9.55. The minimum atomic E-state index is -0.182. The molecule has 0 amide bonds. The van der Waals surface area contributed by atoms with Crippen molar-refractivity contribution in [1.82, 2.24) is 10.2 Å². The Balaban J connectivity index is 2.37. The SMILES string of the molecule is Nc1cccc(-c2n[nH]c(=O)c3ccccc23)c1. The second-order valence-corrected chi connectivity index (χ2v) is 4.07. The molecule has 0 aliphatic rings. The quantitative estimate of drug-likeness (QED) is 0.637. The molecule has 0 atom stereocenters. The van der Waals surface area contributed by atoms with E-state index in [-0.39, 0.29) is 5.56 Å². The number of hydrogen-bond donors (Lipinski definition) is 2. The summed E-state index contributed by atoms with van der Waals surface area (Å²) < 4.78 is 0. The smallest absolute Gasteiger partial charge is 0.272 e. The minimum Gasteiger partial charge on any atom is -0.399 e. The number of hydrogen-bond acceptors (Lipinski definition) is 3. The normalized spacial score (nSPS) is 10.7. The Morgan fingerprint density at radius 2 is 1.78 bits per heavy atom. The van der Waals surface area contributed by atoms with E-state index in [9.17, 15) is 4.79 Å². The molecule has 3 aromatic rings. The van der Waals surface area contributed by atoms with E-state index >= 15 is 0 Å². The number of nitrogens with zero attached hydrogens (tertiary/aromatic N) is 1. The maximum atomic E-state index is 11.7. The molecule has 18 heavy (non-hydrogen) atoms. The maximum Gasteiger partial charge on any atom is 0.272 e. The van der Waals surface area contributed by atoms with E-state index in [1.807, 2.05) is 42.5 Å². The zero-order valence-electron chi connectivity index (χ0n) is 9.55. The molecular formula is C14H11N3O. The predicted molar refractivity (Wildman–Crippen MR) is 72.2 cm³/mol. The fraction of sp³-hybridized carbons (Fsp3) is 0. The molecule has 3 N–H and O–H groups in total. The van der Waals surface area contributed by atoms with Gasteiger partial charge < -0.3 is 5.73 Å². The highest BCUT2D eigenvalue weighted by Crippen LogP contribution is 2.25. The van der Waals surface area contributed by atoms with Gasteiger partial charge in [0.05, 0.1) is 11.1 Å². The molecule has 0 saturated carbocycles. The minimum absolute atomic E-state index is 0.182. The molecule has 4 nitrogen and oxygen atoms in total. The molecule has 0 fully saturated rings. The largest absolute Gasteiger partial charge is 0.399 e. The van der Waals surface area contributed by atoms with Crippen LogP contribution in [0.15, 0.2) is 53.3 Å². The fourth-order valence-electron chi connectivity index (χ4n) is 2.02. The Morgan fingerprint density at radius 1 is 1.00 bits per heavy atom. The van der Waals surface area contributed by atoms with Gasteiger partial charge in [0, 0.05) is 16.6 Å². The van der Waals surface area contributed by atoms with Crippen LogP contribution in [-0.2, 0) is 0 Å². The number of nitrogen functional groups attached to an aromatic ring is 1. The van der Waals surface area contributed by atoms with Gasteiger partial charge in [-0.1, -0.05) is 30.3 Å². The Labute approximate surface area is 103 Å². The second kappa shape index (κ2) is 4.00. The monoisotopic (exact) mass is 237 g/mol. The molecule has 0 saturated heterocycles. The van der Waals surface area contributed by atoms with Gasteiger partial charge in [0.15, 0.2) is 0 Å². The van der Waals surface area contributed by atoms with Crippen molar-refractivity contribution < 1.29 is 0 Å². The van der Waals surface area contributed by atoms with Crippen molar-refractivity contribution in [2.75, 3.05) is 5.73 Å². The van der Waals surface area contributed by atoms with E-state index in [4.69, 9.17) is 5.73 Å². The second-order valence-electron chi connectivity index (χ2n) is 4.07. The van der Waals surface area contributed by atoms with Gasteiger partial charge in [-0.2, -0.15) is 5.10 Å². The third kappa shape index (κ3) is 1.64. The molecule has 0 unspecified atom stereocenters. The summed E-state index contributed by atoms with van der Waals surface area (Å²) >= 11 is 0. The average molecular weight is 237 g/mol. The maximum absolute atomic E-state index is 11.7. The van der Waals surface area contributed by atoms with Crippen molar-refractivity contribution >= 4 is 16.5 Å². The van der Waals surface area contributed by atoms with Gasteiger partial charge in [-0.05, 0) is 18.2 Å². The molecule has 0 bridgehead atoms. The summed E-state index contributed by atoms with van der Waals surface area (Å²) in [5.74, 6) is 0. The highest BCUT2D eigenvalue weighted by Gasteiger charge is 2.07. The molecule has 0 spiro atoms. The lowest BCUT2D eigenvalue weighted by Gasteiger charge is -2.05. The fourth-order valence-corrected chi connectivity index (χ4v) is 2.02. The Hall–Kier alpha value is -2.62. The van der Waals surface area contributed by atoms with Crippen LogP contribution in [-0.4, -0.2) is 10.2 Å². The van der Waals surface area contributed by atoms with Gasteiger partial charge >= 0.3 is 0 Å². The molecule has 0 aliphatic carbocycles. The third-order valence-corrected chi connectivity index (χ3v) is 2.86. The number of fused-ring (bicyclic) bond motifs is 1. The van der Waals surface area contributed by atoms with Gasteiger partial charge in [-0.25, -0.2) is 5.10 Å². The van der Waals surface area contributed by atoms with Crippen molar-refractivity contribution in [2.24, 2.45) is 0 Å². The van der Waals surface area contributed by atoms with Gasteiger partial charge in [0.1, 0.15) is 0 Å². The zero-order chi connectivity index (χ0) is 12.5. The highest BCUT2D eigenvalue weighted by molar-refractivity contribution is 5.93. The molecule has 0 aliphatic heterocycles. The summed E-state index contributed by atoms with van der Waals surface area (Å²) in [6, 6.07) is 14.8. The Kier molecular flexibility index (Phi) is 2.34. The average Bonchev–Trinajstić information content (AvgIpc) is 2.39. The van der Waals surface area contributed by atoms with E-state index in [1.165, 1.54) is 0 Å². The first-order chi connectivity index (χ1) is 8.75. The first kappa shape index (κ1) is 10.5. The van der Waals surface area contributed by atoms with Crippen molar-refractivity contribution in [2.45, 2.75) is 0 Å². The van der Waals surface area contributed by atoms with Crippen molar-refractivity contribution in [1.29, 1.82) is 0 Å². The van der Waals surface area contributed by atoms with Gasteiger partial charge in [-0.15, -0.1) is 0 Å². The number of rotatable bonds is 1. The lowest BCUT2D eigenvalue weighted by atomic mass is 10.0. The lowest BCUT2D eigenvalue weighted by Crippen LogP contribution is -2.09. The van der Waals surface area contributed by atoms with Crippen molar-refractivity contribution in [3.8, 4) is 11.3 Å². The summed E-state index contributed by atoms with van der Waals surface area (Å²) in [6.45, 7) is 0. The van der Waals surface area contributed by atoms with Crippen LogP contribution in [0.3, 0.4) is 0 Å². The molecule has 1 heterocycles. The van der Waals surface area contributed by atoms with Gasteiger partial charge in [0.25, 0.3) is 5.56 Å². The van der Waals surface area contributed by atoms with Crippen molar-refractivity contribution in [3.05, 3.63) is 58.9 Å². The molecule has 0 radical (unpaired) electrons. The number of benzene rings is 2. The number of anilines is 1. The highest BCUT2D eigenvalue weighted by atomic mass is 16.1. The van der Waals surface area contributed by atoms with Crippen LogP contribution < -0.4 is 11.3 Å². The van der Waals surface area contributed by atoms with Crippen LogP contribution in [0.2, 0.25) is 0 Å². The topological polar surface area (TPSA) is 71.8 Å². The van der Waals surface area contributed by atoms with Crippen LogP contribution in [0.5, 0.6) is 0 Å². The number of aromatic amines is 1. The summed E-state index contributed by atoms with van der Waals surface area (Å²) in [7, 11) is 0. The lowest BCUT2D eigenvalue weighted by molar-refractivity contribution is 1.02. The third-order valence-electron chi connectivity index (χ3n) is 2.86. The Morgan fingerprint density at radius 3 is 2.56 bits per heavy atom. The number of nitrogens with two attached hydrogens (primary N) is 1. The van der Waals surface area contributed by atoms with Crippen molar-refractivity contribution in [3.63, 3.8) is 0 Å². The molecular weight excluding hydrogens is 226 g/mol. The summed E-state index contributed by atoms with van der Waals surface area (Å²) in [6.07, 6.45) is 0.